The average molecular weight is 444 g/mol. The number of nitriles is 1. The zero-order chi connectivity index (χ0) is 24.0. The molecule has 0 aromatic heterocycles. The summed E-state index contributed by atoms with van der Waals surface area (Å²) in [5, 5.41) is 11.5. The van der Waals surface area contributed by atoms with Gasteiger partial charge in [-0.15, -0.1) is 0 Å². The summed E-state index contributed by atoms with van der Waals surface area (Å²) in [7, 11) is 1.48. The third kappa shape index (κ3) is 3.56. The number of urea groups is 1. The Morgan fingerprint density at radius 2 is 1.72 bits per heavy atom. The van der Waals surface area contributed by atoms with E-state index in [1.54, 1.807) is 13.0 Å². The van der Waals surface area contributed by atoms with Crippen molar-refractivity contribution in [3.8, 4) is 6.07 Å². The van der Waals surface area contributed by atoms with Crippen LogP contribution in [-0.4, -0.2) is 30.4 Å². The van der Waals surface area contributed by atoms with E-state index in [1.807, 2.05) is 0 Å². The predicted octanol–water partition coefficient (Wildman–Crippen LogP) is 4.00. The Morgan fingerprint density at radius 1 is 1.09 bits per heavy atom. The summed E-state index contributed by atoms with van der Waals surface area (Å²) in [6.45, 7) is 4.62. The quantitative estimate of drug-likeness (QED) is 0.725. The minimum Gasteiger partial charge on any atom is -0.355 e. The van der Waals surface area contributed by atoms with Crippen LogP contribution in [0, 0.1) is 18.3 Å². The van der Waals surface area contributed by atoms with Crippen LogP contribution in [0.4, 0.5) is 29.3 Å². The molecule has 166 valence electrons. The van der Waals surface area contributed by atoms with Crippen molar-refractivity contribution in [2.45, 2.75) is 32.5 Å². The van der Waals surface area contributed by atoms with Gasteiger partial charge in [-0.1, -0.05) is 0 Å². The molecule has 4 amide bonds. The van der Waals surface area contributed by atoms with Gasteiger partial charge in [0.15, 0.2) is 0 Å². The van der Waals surface area contributed by atoms with Crippen LogP contribution in [0.1, 0.15) is 40.9 Å². The van der Waals surface area contributed by atoms with Gasteiger partial charge in [-0.3, -0.25) is 14.5 Å². The number of aryl methyl sites for hydroxylation is 1. The van der Waals surface area contributed by atoms with Gasteiger partial charge in [-0.2, -0.15) is 18.4 Å². The average Bonchev–Trinajstić information content (AvgIpc) is 2.90. The number of carbonyl (C=O) groups is 3. The molecule has 0 saturated carbocycles. The Labute approximate surface area is 182 Å². The fourth-order valence-electron chi connectivity index (χ4n) is 3.64. The molecular formula is C22H19F3N4O3. The highest BCUT2D eigenvalue weighted by atomic mass is 19.4. The van der Waals surface area contributed by atoms with E-state index in [0.717, 1.165) is 12.1 Å². The number of nitrogens with zero attached hydrogens (tertiary/aromatic N) is 3. The Balaban J connectivity index is 2.10. The van der Waals surface area contributed by atoms with Gasteiger partial charge in [0.2, 0.25) is 0 Å². The second-order valence-electron chi connectivity index (χ2n) is 7.74. The van der Waals surface area contributed by atoms with E-state index < -0.39 is 34.8 Å². The lowest BCUT2D eigenvalue weighted by Crippen LogP contribution is -2.44. The van der Waals surface area contributed by atoms with Crippen molar-refractivity contribution < 1.29 is 27.6 Å². The summed E-state index contributed by atoms with van der Waals surface area (Å²) in [6.07, 6.45) is -4.84. The molecule has 1 aliphatic rings. The molecule has 0 atom stereocenters. The van der Waals surface area contributed by atoms with Crippen molar-refractivity contribution in [2.24, 2.45) is 0 Å². The Bertz CT molecular complexity index is 1180. The van der Waals surface area contributed by atoms with Crippen molar-refractivity contribution in [3.05, 3.63) is 58.7 Å². The Hall–Kier alpha value is -3.87. The van der Waals surface area contributed by atoms with Gasteiger partial charge in [-0.05, 0) is 62.7 Å². The molecule has 1 aliphatic heterocycles. The van der Waals surface area contributed by atoms with E-state index in [9.17, 15) is 27.6 Å². The number of benzene rings is 2. The van der Waals surface area contributed by atoms with E-state index in [4.69, 9.17) is 5.26 Å². The molecule has 0 radical (unpaired) electrons. The highest BCUT2D eigenvalue weighted by Gasteiger charge is 2.53. The van der Waals surface area contributed by atoms with Gasteiger partial charge >= 0.3 is 12.2 Å². The van der Waals surface area contributed by atoms with Crippen LogP contribution < -0.4 is 15.1 Å². The number of anilines is 2. The molecule has 0 spiro atoms. The number of carbonyl (C=O) groups excluding carboxylic acids is 3. The highest BCUT2D eigenvalue weighted by Crippen LogP contribution is 2.39. The predicted molar refractivity (Wildman–Crippen MR) is 110 cm³/mol. The zero-order valence-corrected chi connectivity index (χ0v) is 17.7. The molecular weight excluding hydrogens is 425 g/mol. The third-order valence-electron chi connectivity index (χ3n) is 5.30. The largest absolute Gasteiger partial charge is 0.417 e. The second kappa shape index (κ2) is 7.67. The summed E-state index contributed by atoms with van der Waals surface area (Å²) in [5.74, 6) is -1.05. The first-order valence-corrected chi connectivity index (χ1v) is 9.47. The maximum atomic E-state index is 13.4. The Morgan fingerprint density at radius 3 is 2.25 bits per heavy atom. The standard InChI is InChI=1S/C22H19F3N4O3/c1-12-9-15(7-8-16(12)18(30)27-4)29-20(32)28(19(31)21(29,2)3)14-6-5-13(11-26)17(10-14)22(23,24)25/h5-10H,1-4H3,(H,27,30). The van der Waals surface area contributed by atoms with Gasteiger partial charge in [0.05, 0.1) is 22.9 Å². The molecule has 32 heavy (non-hydrogen) atoms. The molecule has 1 heterocycles. The van der Waals surface area contributed by atoms with Crippen LogP contribution in [0.25, 0.3) is 0 Å². The van der Waals surface area contributed by atoms with Crippen LogP contribution in [0.15, 0.2) is 36.4 Å². The lowest BCUT2D eigenvalue weighted by atomic mass is 10.0. The Kier molecular flexibility index (Phi) is 5.47. The minimum absolute atomic E-state index is 0.291. The van der Waals surface area contributed by atoms with Gasteiger partial charge in [0.1, 0.15) is 5.54 Å². The van der Waals surface area contributed by atoms with Crippen LogP contribution in [-0.2, 0) is 11.0 Å². The molecule has 1 N–H and O–H groups in total. The van der Waals surface area contributed by atoms with Crippen molar-refractivity contribution in [1.29, 1.82) is 5.26 Å². The van der Waals surface area contributed by atoms with Gasteiger partial charge in [-0.25, -0.2) is 9.69 Å². The third-order valence-corrected chi connectivity index (χ3v) is 5.30. The van der Waals surface area contributed by atoms with E-state index in [2.05, 4.69) is 5.32 Å². The van der Waals surface area contributed by atoms with Gasteiger partial charge in [0, 0.05) is 18.3 Å². The lowest BCUT2D eigenvalue weighted by molar-refractivity contribution is -0.137. The second-order valence-corrected chi connectivity index (χ2v) is 7.74. The first-order chi connectivity index (χ1) is 14.8. The zero-order valence-electron chi connectivity index (χ0n) is 17.7. The fourth-order valence-corrected chi connectivity index (χ4v) is 3.64. The van der Waals surface area contributed by atoms with E-state index in [0.29, 0.717) is 27.8 Å². The molecule has 0 bridgehead atoms. The summed E-state index contributed by atoms with van der Waals surface area (Å²) < 4.78 is 40.2. The molecule has 0 aliphatic carbocycles. The fraction of sp³-hybridized carbons (Fsp3) is 0.273. The van der Waals surface area contributed by atoms with E-state index in [-0.39, 0.29) is 11.6 Å². The van der Waals surface area contributed by atoms with E-state index >= 15 is 0 Å². The smallest absolute Gasteiger partial charge is 0.355 e. The molecule has 2 aromatic rings. The van der Waals surface area contributed by atoms with Crippen LogP contribution in [0.3, 0.4) is 0 Å². The molecule has 2 aromatic carbocycles. The molecule has 3 rings (SSSR count). The van der Waals surface area contributed by atoms with Gasteiger partial charge in [0.25, 0.3) is 11.8 Å². The summed E-state index contributed by atoms with van der Waals surface area (Å²) in [5.41, 5.74) is -2.31. The number of hydrogen-bond donors (Lipinski definition) is 1. The van der Waals surface area contributed by atoms with Crippen LogP contribution in [0.2, 0.25) is 0 Å². The number of rotatable bonds is 3. The lowest BCUT2D eigenvalue weighted by Gasteiger charge is -2.28. The normalized spacial score (nSPS) is 15.7. The number of amides is 4. The molecule has 10 heteroatoms. The first kappa shape index (κ1) is 22.8. The minimum atomic E-state index is -4.84. The highest BCUT2D eigenvalue weighted by molar-refractivity contribution is 6.30. The molecule has 0 unspecified atom stereocenters. The van der Waals surface area contributed by atoms with Crippen LogP contribution >= 0.6 is 0 Å². The maximum absolute atomic E-state index is 13.4. The summed E-state index contributed by atoms with van der Waals surface area (Å²) in [4.78, 5) is 40.1. The maximum Gasteiger partial charge on any atom is 0.417 e. The number of hydrogen-bond acceptors (Lipinski definition) is 4. The molecule has 1 fully saturated rings. The monoisotopic (exact) mass is 444 g/mol. The molecule has 1 saturated heterocycles. The number of nitrogens with one attached hydrogen (secondary N) is 1. The topological polar surface area (TPSA) is 93.5 Å². The first-order valence-electron chi connectivity index (χ1n) is 9.47. The van der Waals surface area contributed by atoms with Crippen molar-refractivity contribution >= 4 is 29.2 Å². The van der Waals surface area contributed by atoms with Crippen molar-refractivity contribution in [3.63, 3.8) is 0 Å². The van der Waals surface area contributed by atoms with Gasteiger partial charge < -0.3 is 5.32 Å². The van der Waals surface area contributed by atoms with Crippen molar-refractivity contribution in [2.75, 3.05) is 16.8 Å². The summed E-state index contributed by atoms with van der Waals surface area (Å²) in [6, 6.07) is 7.85. The number of alkyl halides is 3. The van der Waals surface area contributed by atoms with Crippen molar-refractivity contribution in [1.82, 2.24) is 5.32 Å². The van der Waals surface area contributed by atoms with Crippen LogP contribution in [0.5, 0.6) is 0 Å². The number of halogens is 3. The summed E-state index contributed by atoms with van der Waals surface area (Å²) >= 11 is 0. The molecule has 7 nitrogen and oxygen atoms in total. The van der Waals surface area contributed by atoms with E-state index in [1.165, 1.54) is 44.0 Å². The number of imide groups is 1. The SMILES string of the molecule is CNC(=O)c1ccc(N2C(=O)N(c3ccc(C#N)c(C(F)(F)F)c3)C(=O)C2(C)C)cc1C.